The third-order valence-electron chi connectivity index (χ3n) is 2.48. The summed E-state index contributed by atoms with van der Waals surface area (Å²) in [5.74, 6) is 1.07. The van der Waals surface area contributed by atoms with E-state index in [4.69, 9.17) is 25.8 Å². The number of methoxy groups -OCH3 is 1. The van der Waals surface area contributed by atoms with E-state index in [0.29, 0.717) is 16.5 Å². The lowest BCUT2D eigenvalue weighted by Crippen LogP contribution is -2.17. The van der Waals surface area contributed by atoms with Crippen molar-refractivity contribution in [3.63, 3.8) is 0 Å². The molecule has 2 aromatic rings. The molecule has 5 heteroatoms. The first-order chi connectivity index (χ1) is 9.69. The minimum atomic E-state index is -0.520. The summed E-state index contributed by atoms with van der Waals surface area (Å²) in [6.07, 6.45) is 0. The molecular formula is C15H13ClO4. The van der Waals surface area contributed by atoms with Crippen LogP contribution in [0.1, 0.15) is 0 Å². The van der Waals surface area contributed by atoms with Gasteiger partial charge in [-0.05, 0) is 36.4 Å². The lowest BCUT2D eigenvalue weighted by Gasteiger charge is -2.08. The summed E-state index contributed by atoms with van der Waals surface area (Å²) in [6, 6.07) is 13.7. The molecule has 0 aromatic heterocycles. The van der Waals surface area contributed by atoms with Crippen LogP contribution in [-0.2, 0) is 4.79 Å². The monoisotopic (exact) mass is 292 g/mol. The predicted molar refractivity (Wildman–Crippen MR) is 75.6 cm³/mol. The van der Waals surface area contributed by atoms with Crippen LogP contribution < -0.4 is 14.2 Å². The number of benzene rings is 2. The quantitative estimate of drug-likeness (QED) is 0.626. The van der Waals surface area contributed by atoms with Gasteiger partial charge in [0, 0.05) is 0 Å². The highest BCUT2D eigenvalue weighted by molar-refractivity contribution is 6.32. The molecule has 0 atom stereocenters. The minimum absolute atomic E-state index is 0.197. The Morgan fingerprint density at radius 3 is 2.35 bits per heavy atom. The van der Waals surface area contributed by atoms with Crippen LogP contribution in [-0.4, -0.2) is 19.7 Å². The summed E-state index contributed by atoms with van der Waals surface area (Å²) < 4.78 is 15.4. The molecule has 0 heterocycles. The van der Waals surface area contributed by atoms with Gasteiger partial charge in [0.15, 0.2) is 6.61 Å². The third kappa shape index (κ3) is 3.90. The molecule has 0 aliphatic heterocycles. The Kier molecular flexibility index (Phi) is 4.85. The van der Waals surface area contributed by atoms with Gasteiger partial charge < -0.3 is 14.2 Å². The van der Waals surface area contributed by atoms with Gasteiger partial charge in [-0.15, -0.1) is 0 Å². The number of para-hydroxylation sites is 1. The number of ether oxygens (including phenoxy) is 3. The zero-order chi connectivity index (χ0) is 14.4. The molecule has 0 radical (unpaired) electrons. The average molecular weight is 293 g/mol. The van der Waals surface area contributed by atoms with Crippen molar-refractivity contribution < 1.29 is 19.0 Å². The van der Waals surface area contributed by atoms with Crippen LogP contribution in [0, 0.1) is 0 Å². The molecule has 2 rings (SSSR count). The Morgan fingerprint density at radius 2 is 1.70 bits per heavy atom. The highest BCUT2D eigenvalue weighted by atomic mass is 35.5. The number of halogens is 1. The maximum Gasteiger partial charge on any atom is 0.349 e. The molecule has 0 N–H and O–H groups in total. The van der Waals surface area contributed by atoms with Crippen LogP contribution >= 0.6 is 11.6 Å². The molecule has 0 unspecified atom stereocenters. The van der Waals surface area contributed by atoms with E-state index >= 15 is 0 Å². The molecule has 20 heavy (non-hydrogen) atoms. The van der Waals surface area contributed by atoms with Crippen molar-refractivity contribution in [3.8, 4) is 17.2 Å². The SMILES string of the molecule is COc1ccc(OCC(=O)Oc2ccccc2Cl)cc1. The number of rotatable bonds is 5. The Morgan fingerprint density at radius 1 is 1.05 bits per heavy atom. The van der Waals surface area contributed by atoms with E-state index in [0.717, 1.165) is 5.75 Å². The van der Waals surface area contributed by atoms with Crippen LogP contribution in [0.25, 0.3) is 0 Å². The summed E-state index contributed by atoms with van der Waals surface area (Å²) in [4.78, 5) is 11.6. The summed E-state index contributed by atoms with van der Waals surface area (Å²) in [6.45, 7) is -0.197. The van der Waals surface area contributed by atoms with Gasteiger partial charge in [-0.2, -0.15) is 0 Å². The first-order valence-corrected chi connectivity index (χ1v) is 6.29. The van der Waals surface area contributed by atoms with Gasteiger partial charge in [-0.3, -0.25) is 0 Å². The van der Waals surface area contributed by atoms with E-state index in [1.165, 1.54) is 0 Å². The van der Waals surface area contributed by atoms with Gasteiger partial charge in [0.25, 0.3) is 0 Å². The maximum absolute atomic E-state index is 11.6. The largest absolute Gasteiger partial charge is 0.497 e. The molecule has 2 aromatic carbocycles. The smallest absolute Gasteiger partial charge is 0.349 e. The third-order valence-corrected chi connectivity index (χ3v) is 2.79. The van der Waals surface area contributed by atoms with Crippen molar-refractivity contribution >= 4 is 17.6 Å². The van der Waals surface area contributed by atoms with E-state index in [2.05, 4.69) is 0 Å². The second-order valence-corrected chi connectivity index (χ2v) is 4.28. The van der Waals surface area contributed by atoms with Crippen molar-refractivity contribution in [3.05, 3.63) is 53.6 Å². The van der Waals surface area contributed by atoms with Crippen molar-refractivity contribution in [1.29, 1.82) is 0 Å². The van der Waals surface area contributed by atoms with Crippen molar-refractivity contribution in [1.82, 2.24) is 0 Å². The number of esters is 1. The molecule has 0 aliphatic carbocycles. The molecule has 0 aliphatic rings. The fourth-order valence-corrected chi connectivity index (χ4v) is 1.67. The van der Waals surface area contributed by atoms with Crippen LogP contribution in [0.4, 0.5) is 0 Å². The van der Waals surface area contributed by atoms with Crippen molar-refractivity contribution in [2.24, 2.45) is 0 Å². The predicted octanol–water partition coefficient (Wildman–Crippen LogP) is 3.33. The topological polar surface area (TPSA) is 44.8 Å². The van der Waals surface area contributed by atoms with Crippen LogP contribution in [0.5, 0.6) is 17.2 Å². The number of hydrogen-bond acceptors (Lipinski definition) is 4. The molecule has 0 amide bonds. The van der Waals surface area contributed by atoms with E-state index in [-0.39, 0.29) is 6.61 Å². The number of carbonyl (C=O) groups excluding carboxylic acids is 1. The normalized spacial score (nSPS) is 9.90. The summed E-state index contributed by atoms with van der Waals surface area (Å²) in [5, 5.41) is 0.380. The number of hydrogen-bond donors (Lipinski definition) is 0. The van der Waals surface area contributed by atoms with Gasteiger partial charge in [0.2, 0.25) is 0 Å². The zero-order valence-corrected chi connectivity index (χ0v) is 11.6. The molecule has 0 bridgehead atoms. The van der Waals surface area contributed by atoms with Crippen LogP contribution in [0.15, 0.2) is 48.5 Å². The molecule has 4 nitrogen and oxygen atoms in total. The molecule has 0 saturated carbocycles. The van der Waals surface area contributed by atoms with Gasteiger partial charge in [-0.1, -0.05) is 23.7 Å². The van der Waals surface area contributed by atoms with E-state index in [9.17, 15) is 4.79 Å². The molecule has 0 saturated heterocycles. The first-order valence-electron chi connectivity index (χ1n) is 5.91. The van der Waals surface area contributed by atoms with Crippen LogP contribution in [0.2, 0.25) is 5.02 Å². The zero-order valence-electron chi connectivity index (χ0n) is 10.8. The average Bonchev–Trinajstić information content (AvgIpc) is 2.48. The van der Waals surface area contributed by atoms with Crippen molar-refractivity contribution in [2.45, 2.75) is 0 Å². The van der Waals surface area contributed by atoms with Gasteiger partial charge in [-0.25, -0.2) is 4.79 Å². The van der Waals surface area contributed by atoms with E-state index in [1.807, 2.05) is 0 Å². The first kappa shape index (κ1) is 14.2. The van der Waals surface area contributed by atoms with E-state index in [1.54, 1.807) is 55.6 Å². The summed E-state index contributed by atoms with van der Waals surface area (Å²) in [5.41, 5.74) is 0. The second kappa shape index (κ2) is 6.82. The Bertz CT molecular complexity index is 581. The fraction of sp³-hybridized carbons (Fsp3) is 0.133. The lowest BCUT2D eigenvalue weighted by atomic mass is 10.3. The number of carbonyl (C=O) groups is 1. The molecular weight excluding hydrogens is 280 g/mol. The standard InChI is InChI=1S/C15H13ClO4/c1-18-11-6-8-12(9-7-11)19-10-15(17)20-14-5-3-2-4-13(14)16/h2-9H,10H2,1H3. The fourth-order valence-electron chi connectivity index (χ4n) is 1.49. The highest BCUT2D eigenvalue weighted by Crippen LogP contribution is 2.23. The van der Waals surface area contributed by atoms with Gasteiger partial charge in [0.1, 0.15) is 17.2 Å². The summed E-state index contributed by atoms with van der Waals surface area (Å²) in [7, 11) is 1.58. The van der Waals surface area contributed by atoms with Gasteiger partial charge >= 0.3 is 5.97 Å². The Hall–Kier alpha value is -2.20. The van der Waals surface area contributed by atoms with Crippen LogP contribution in [0.3, 0.4) is 0 Å². The lowest BCUT2D eigenvalue weighted by molar-refractivity contribution is -0.136. The molecule has 0 spiro atoms. The summed E-state index contributed by atoms with van der Waals surface area (Å²) >= 11 is 5.89. The Balaban J connectivity index is 1.87. The minimum Gasteiger partial charge on any atom is -0.497 e. The van der Waals surface area contributed by atoms with E-state index < -0.39 is 5.97 Å². The maximum atomic E-state index is 11.6. The Labute approximate surface area is 121 Å². The van der Waals surface area contributed by atoms with Crippen molar-refractivity contribution in [2.75, 3.05) is 13.7 Å². The molecule has 0 fully saturated rings. The van der Waals surface area contributed by atoms with Gasteiger partial charge in [0.05, 0.1) is 12.1 Å². The molecule has 104 valence electrons. The second-order valence-electron chi connectivity index (χ2n) is 3.87. The highest BCUT2D eigenvalue weighted by Gasteiger charge is 2.08.